The van der Waals surface area contributed by atoms with Gasteiger partial charge in [-0.1, -0.05) is 42.5 Å². The number of nitrogen functional groups attached to an aromatic ring is 1. The van der Waals surface area contributed by atoms with Crippen LogP contribution in [0, 0.1) is 0 Å². The first-order valence-corrected chi connectivity index (χ1v) is 9.16. The van der Waals surface area contributed by atoms with Crippen LogP contribution in [-0.2, 0) is 15.6 Å². The first-order chi connectivity index (χ1) is 10.5. The lowest BCUT2D eigenvalue weighted by Crippen LogP contribution is -2.04. The maximum atomic E-state index is 12.4. The number of aromatic nitrogens is 1. The van der Waals surface area contributed by atoms with Gasteiger partial charge in [0.1, 0.15) is 0 Å². The Labute approximate surface area is 133 Å². The van der Waals surface area contributed by atoms with Gasteiger partial charge in [0, 0.05) is 10.9 Å². The van der Waals surface area contributed by atoms with Crippen molar-refractivity contribution >= 4 is 26.3 Å². The standard InChI is InChI=1S/C16H14N2O2S2/c17-16-18-15(10-21-16)13-6-8-14(9-7-13)22(19,20)11-12-4-2-1-3-5-12/h1-10H,11H2,(H2,17,18). The van der Waals surface area contributed by atoms with E-state index in [9.17, 15) is 8.42 Å². The van der Waals surface area contributed by atoms with Crippen LogP contribution in [0.1, 0.15) is 5.56 Å². The molecule has 0 unspecified atom stereocenters. The van der Waals surface area contributed by atoms with E-state index in [1.807, 2.05) is 35.7 Å². The van der Waals surface area contributed by atoms with E-state index in [0.717, 1.165) is 16.8 Å². The number of thiazole rings is 1. The molecule has 0 saturated heterocycles. The zero-order valence-corrected chi connectivity index (χ0v) is 13.3. The van der Waals surface area contributed by atoms with Crippen LogP contribution in [0.3, 0.4) is 0 Å². The molecule has 1 aromatic heterocycles. The largest absolute Gasteiger partial charge is 0.375 e. The predicted octanol–water partition coefficient (Wildman–Crippen LogP) is 3.37. The van der Waals surface area contributed by atoms with Gasteiger partial charge in [-0.3, -0.25) is 0 Å². The van der Waals surface area contributed by atoms with Crippen LogP contribution >= 0.6 is 11.3 Å². The van der Waals surface area contributed by atoms with E-state index in [2.05, 4.69) is 4.98 Å². The van der Waals surface area contributed by atoms with Gasteiger partial charge < -0.3 is 5.73 Å². The summed E-state index contributed by atoms with van der Waals surface area (Å²) in [5, 5.41) is 2.35. The number of hydrogen-bond donors (Lipinski definition) is 1. The monoisotopic (exact) mass is 330 g/mol. The molecule has 6 heteroatoms. The molecular formula is C16H14N2O2S2. The second-order valence-electron chi connectivity index (χ2n) is 4.84. The molecule has 0 aliphatic heterocycles. The minimum Gasteiger partial charge on any atom is -0.375 e. The molecule has 112 valence electrons. The first-order valence-electron chi connectivity index (χ1n) is 6.63. The van der Waals surface area contributed by atoms with Gasteiger partial charge in [-0.2, -0.15) is 0 Å². The summed E-state index contributed by atoms with van der Waals surface area (Å²) < 4.78 is 24.8. The molecule has 1 heterocycles. The highest BCUT2D eigenvalue weighted by Gasteiger charge is 2.15. The molecule has 0 atom stereocenters. The lowest BCUT2D eigenvalue weighted by molar-refractivity contribution is 0.595. The summed E-state index contributed by atoms with van der Waals surface area (Å²) in [6.07, 6.45) is 0. The van der Waals surface area contributed by atoms with Gasteiger partial charge in [-0.25, -0.2) is 13.4 Å². The molecule has 0 saturated carbocycles. The average Bonchev–Trinajstić information content (AvgIpc) is 2.95. The Balaban J connectivity index is 1.86. The third-order valence-electron chi connectivity index (χ3n) is 3.23. The highest BCUT2D eigenvalue weighted by Crippen LogP contribution is 2.25. The van der Waals surface area contributed by atoms with Crippen molar-refractivity contribution in [2.24, 2.45) is 0 Å². The van der Waals surface area contributed by atoms with Crippen LogP contribution in [0.4, 0.5) is 5.13 Å². The molecule has 3 rings (SSSR count). The molecule has 2 N–H and O–H groups in total. The fourth-order valence-corrected chi connectivity index (χ4v) is 4.05. The van der Waals surface area contributed by atoms with E-state index in [-0.39, 0.29) is 5.75 Å². The fraction of sp³-hybridized carbons (Fsp3) is 0.0625. The first kappa shape index (κ1) is 14.7. The maximum absolute atomic E-state index is 12.4. The third kappa shape index (κ3) is 3.18. The molecule has 3 aromatic rings. The maximum Gasteiger partial charge on any atom is 0.182 e. The highest BCUT2D eigenvalue weighted by molar-refractivity contribution is 7.90. The number of benzene rings is 2. The predicted molar refractivity (Wildman–Crippen MR) is 89.3 cm³/mol. The summed E-state index contributed by atoms with van der Waals surface area (Å²) >= 11 is 1.36. The van der Waals surface area contributed by atoms with Crippen molar-refractivity contribution in [3.63, 3.8) is 0 Å². The second-order valence-corrected chi connectivity index (χ2v) is 7.72. The lowest BCUT2D eigenvalue weighted by atomic mass is 10.2. The summed E-state index contributed by atoms with van der Waals surface area (Å²) in [4.78, 5) is 4.50. The Bertz CT molecular complexity index is 870. The van der Waals surface area contributed by atoms with Crippen molar-refractivity contribution in [2.45, 2.75) is 10.6 Å². The van der Waals surface area contributed by atoms with Crippen molar-refractivity contribution < 1.29 is 8.42 Å². The average molecular weight is 330 g/mol. The zero-order chi connectivity index (χ0) is 15.6. The molecule has 0 bridgehead atoms. The van der Waals surface area contributed by atoms with E-state index in [0.29, 0.717) is 10.0 Å². The zero-order valence-electron chi connectivity index (χ0n) is 11.6. The Morgan fingerprint density at radius 1 is 1.00 bits per heavy atom. The molecule has 0 spiro atoms. The summed E-state index contributed by atoms with van der Waals surface area (Å²) in [5.41, 5.74) is 8.00. The van der Waals surface area contributed by atoms with Gasteiger partial charge in [-0.05, 0) is 17.7 Å². The number of sulfone groups is 1. The van der Waals surface area contributed by atoms with Gasteiger partial charge in [0.05, 0.1) is 16.3 Å². The number of anilines is 1. The van der Waals surface area contributed by atoms with E-state index in [4.69, 9.17) is 5.73 Å². The molecular weight excluding hydrogens is 316 g/mol. The highest BCUT2D eigenvalue weighted by atomic mass is 32.2. The van der Waals surface area contributed by atoms with Crippen LogP contribution in [0.2, 0.25) is 0 Å². The molecule has 4 nitrogen and oxygen atoms in total. The molecule has 0 amide bonds. The molecule has 0 aliphatic rings. The number of nitrogens with zero attached hydrogens (tertiary/aromatic N) is 1. The Hall–Kier alpha value is -2.18. The SMILES string of the molecule is Nc1nc(-c2ccc(S(=O)(=O)Cc3ccccc3)cc2)cs1. The molecule has 22 heavy (non-hydrogen) atoms. The quantitative estimate of drug-likeness (QED) is 0.796. The van der Waals surface area contributed by atoms with E-state index < -0.39 is 9.84 Å². The number of rotatable bonds is 4. The molecule has 0 fully saturated rings. The van der Waals surface area contributed by atoms with Crippen LogP contribution in [0.5, 0.6) is 0 Å². The summed E-state index contributed by atoms with van der Waals surface area (Å²) in [6.45, 7) is 0. The Kier molecular flexibility index (Phi) is 3.96. The summed E-state index contributed by atoms with van der Waals surface area (Å²) in [6, 6.07) is 15.9. The topological polar surface area (TPSA) is 73.0 Å². The third-order valence-corrected chi connectivity index (χ3v) is 5.61. The Morgan fingerprint density at radius 2 is 1.68 bits per heavy atom. The van der Waals surface area contributed by atoms with Gasteiger partial charge in [0.25, 0.3) is 0 Å². The van der Waals surface area contributed by atoms with E-state index >= 15 is 0 Å². The Morgan fingerprint density at radius 3 is 2.27 bits per heavy atom. The molecule has 0 aliphatic carbocycles. The van der Waals surface area contributed by atoms with E-state index in [1.54, 1.807) is 24.3 Å². The van der Waals surface area contributed by atoms with Gasteiger partial charge in [0.2, 0.25) is 0 Å². The van der Waals surface area contributed by atoms with Crippen LogP contribution < -0.4 is 5.73 Å². The van der Waals surface area contributed by atoms with Crippen LogP contribution in [-0.4, -0.2) is 13.4 Å². The minimum atomic E-state index is -3.35. The fourth-order valence-electron chi connectivity index (χ4n) is 2.13. The smallest absolute Gasteiger partial charge is 0.182 e. The van der Waals surface area contributed by atoms with Gasteiger partial charge in [-0.15, -0.1) is 11.3 Å². The van der Waals surface area contributed by atoms with Crippen molar-refractivity contribution in [1.29, 1.82) is 0 Å². The van der Waals surface area contributed by atoms with Crippen molar-refractivity contribution in [3.05, 3.63) is 65.5 Å². The lowest BCUT2D eigenvalue weighted by Gasteiger charge is -2.05. The number of nitrogens with two attached hydrogens (primary N) is 1. The van der Waals surface area contributed by atoms with Gasteiger partial charge >= 0.3 is 0 Å². The second kappa shape index (κ2) is 5.90. The number of hydrogen-bond acceptors (Lipinski definition) is 5. The van der Waals surface area contributed by atoms with Crippen molar-refractivity contribution in [2.75, 3.05) is 5.73 Å². The normalized spacial score (nSPS) is 11.5. The molecule has 0 radical (unpaired) electrons. The van der Waals surface area contributed by atoms with Crippen LogP contribution in [0.15, 0.2) is 64.9 Å². The van der Waals surface area contributed by atoms with Crippen molar-refractivity contribution in [1.82, 2.24) is 4.98 Å². The minimum absolute atomic E-state index is 0.00314. The van der Waals surface area contributed by atoms with E-state index in [1.165, 1.54) is 11.3 Å². The van der Waals surface area contributed by atoms with Crippen molar-refractivity contribution in [3.8, 4) is 11.3 Å². The molecule has 2 aromatic carbocycles. The van der Waals surface area contributed by atoms with Crippen LogP contribution in [0.25, 0.3) is 11.3 Å². The summed E-state index contributed by atoms with van der Waals surface area (Å²) in [5.74, 6) is -0.00314. The summed E-state index contributed by atoms with van der Waals surface area (Å²) in [7, 11) is -3.35. The van der Waals surface area contributed by atoms with Gasteiger partial charge in [0.15, 0.2) is 15.0 Å².